The first-order valence-electron chi connectivity index (χ1n) is 7.61. The fourth-order valence-electron chi connectivity index (χ4n) is 3.32. The number of amides is 2. The van der Waals surface area contributed by atoms with Crippen LogP contribution in [0.15, 0.2) is 12.2 Å². The van der Waals surface area contributed by atoms with Crippen molar-refractivity contribution in [2.24, 2.45) is 5.73 Å². The summed E-state index contributed by atoms with van der Waals surface area (Å²) in [5.74, 6) is -0.449. The second kappa shape index (κ2) is 6.69. The van der Waals surface area contributed by atoms with Crippen molar-refractivity contribution >= 4 is 12.0 Å². The highest BCUT2D eigenvalue weighted by Crippen LogP contribution is 2.31. The topological polar surface area (TPSA) is 84.7 Å². The SMILES string of the molecule is C=C(C)C(=O)OCCN(C(N)=O)C1CC(C)(C)NC(C)(C)C1. The number of primary amides is 1. The number of hydrogen-bond donors (Lipinski definition) is 2. The van der Waals surface area contributed by atoms with Crippen molar-refractivity contribution in [2.75, 3.05) is 13.2 Å². The van der Waals surface area contributed by atoms with Crippen LogP contribution in [0.4, 0.5) is 4.79 Å². The van der Waals surface area contributed by atoms with Gasteiger partial charge in [-0.3, -0.25) is 0 Å². The Hall–Kier alpha value is -1.56. The molecule has 6 nitrogen and oxygen atoms in total. The third-order valence-corrected chi connectivity index (χ3v) is 3.81. The Morgan fingerprint density at radius 3 is 2.18 bits per heavy atom. The van der Waals surface area contributed by atoms with Crippen LogP contribution in [0.3, 0.4) is 0 Å². The highest BCUT2D eigenvalue weighted by Gasteiger charge is 2.40. The number of urea groups is 1. The maximum Gasteiger partial charge on any atom is 0.333 e. The molecule has 0 spiro atoms. The van der Waals surface area contributed by atoms with Crippen LogP contribution in [0.5, 0.6) is 0 Å². The lowest BCUT2D eigenvalue weighted by atomic mass is 9.79. The third kappa shape index (κ3) is 5.33. The van der Waals surface area contributed by atoms with Gasteiger partial charge in [0.15, 0.2) is 0 Å². The first-order valence-corrected chi connectivity index (χ1v) is 7.61. The van der Waals surface area contributed by atoms with Crippen LogP contribution >= 0.6 is 0 Å². The zero-order valence-corrected chi connectivity index (χ0v) is 14.4. The summed E-state index contributed by atoms with van der Waals surface area (Å²) in [6.45, 7) is 14.0. The highest BCUT2D eigenvalue weighted by molar-refractivity contribution is 5.86. The predicted molar refractivity (Wildman–Crippen MR) is 86.4 cm³/mol. The summed E-state index contributed by atoms with van der Waals surface area (Å²) in [4.78, 5) is 24.8. The van der Waals surface area contributed by atoms with E-state index in [9.17, 15) is 9.59 Å². The van der Waals surface area contributed by atoms with Crippen LogP contribution in [0, 0.1) is 0 Å². The van der Waals surface area contributed by atoms with E-state index in [4.69, 9.17) is 10.5 Å². The molecule has 6 heteroatoms. The molecule has 0 saturated carbocycles. The molecule has 126 valence electrons. The van der Waals surface area contributed by atoms with Gasteiger partial charge in [-0.25, -0.2) is 9.59 Å². The van der Waals surface area contributed by atoms with Gasteiger partial charge >= 0.3 is 12.0 Å². The minimum absolute atomic E-state index is 0.0206. The van der Waals surface area contributed by atoms with E-state index < -0.39 is 12.0 Å². The van der Waals surface area contributed by atoms with E-state index >= 15 is 0 Å². The Kier molecular flexibility index (Phi) is 5.62. The smallest absolute Gasteiger partial charge is 0.333 e. The average Bonchev–Trinajstić information content (AvgIpc) is 2.29. The summed E-state index contributed by atoms with van der Waals surface area (Å²) in [5.41, 5.74) is 5.69. The summed E-state index contributed by atoms with van der Waals surface area (Å²) in [5, 5.41) is 3.57. The van der Waals surface area contributed by atoms with Crippen molar-refractivity contribution in [1.29, 1.82) is 0 Å². The fraction of sp³-hybridized carbons (Fsp3) is 0.750. The molecule has 1 fully saturated rings. The van der Waals surface area contributed by atoms with Crippen molar-refractivity contribution in [3.63, 3.8) is 0 Å². The molecule has 0 aromatic rings. The molecule has 0 radical (unpaired) electrons. The van der Waals surface area contributed by atoms with Crippen molar-refractivity contribution < 1.29 is 14.3 Å². The van der Waals surface area contributed by atoms with Crippen LogP contribution in [0.2, 0.25) is 0 Å². The van der Waals surface area contributed by atoms with Gasteiger partial charge in [-0.15, -0.1) is 0 Å². The van der Waals surface area contributed by atoms with Gasteiger partial charge in [0.25, 0.3) is 0 Å². The molecule has 1 aliphatic heterocycles. The van der Waals surface area contributed by atoms with Gasteiger partial charge in [-0.05, 0) is 47.5 Å². The number of ether oxygens (including phenoxy) is 1. The maximum absolute atomic E-state index is 11.8. The number of carbonyl (C=O) groups is 2. The number of esters is 1. The van der Waals surface area contributed by atoms with Crippen molar-refractivity contribution in [3.05, 3.63) is 12.2 Å². The Labute approximate surface area is 133 Å². The molecule has 0 aromatic carbocycles. The van der Waals surface area contributed by atoms with Crippen molar-refractivity contribution in [3.8, 4) is 0 Å². The van der Waals surface area contributed by atoms with Gasteiger partial charge in [0, 0.05) is 22.7 Å². The van der Waals surface area contributed by atoms with Crippen LogP contribution in [-0.4, -0.2) is 47.2 Å². The molecule has 22 heavy (non-hydrogen) atoms. The summed E-state index contributed by atoms with van der Waals surface area (Å²) < 4.78 is 5.08. The molecule has 1 heterocycles. The van der Waals surface area contributed by atoms with Crippen molar-refractivity contribution in [2.45, 2.75) is 64.6 Å². The number of nitrogens with two attached hydrogens (primary N) is 1. The van der Waals surface area contributed by atoms with E-state index in [1.54, 1.807) is 11.8 Å². The summed E-state index contributed by atoms with van der Waals surface area (Å²) in [6, 6.07) is -0.461. The number of hydrogen-bond acceptors (Lipinski definition) is 4. The van der Waals surface area contributed by atoms with E-state index in [1.807, 2.05) is 0 Å². The standard InChI is InChI=1S/C16H29N3O3/c1-11(2)13(20)22-8-7-19(14(17)21)12-9-15(3,4)18-16(5,6)10-12/h12,18H,1,7-10H2,2-6H3,(H2,17,21). The monoisotopic (exact) mass is 311 g/mol. The summed E-state index contributed by atoms with van der Waals surface area (Å²) >= 11 is 0. The minimum Gasteiger partial charge on any atom is -0.460 e. The molecule has 0 atom stereocenters. The lowest BCUT2D eigenvalue weighted by molar-refractivity contribution is -0.139. The van der Waals surface area contributed by atoms with Gasteiger partial charge in [0.05, 0.1) is 6.54 Å². The van der Waals surface area contributed by atoms with E-state index in [0.717, 1.165) is 12.8 Å². The van der Waals surface area contributed by atoms with Crippen LogP contribution in [0.25, 0.3) is 0 Å². The minimum atomic E-state index is -0.482. The van der Waals surface area contributed by atoms with Gasteiger partial charge in [0.1, 0.15) is 6.61 Å². The van der Waals surface area contributed by atoms with Crippen LogP contribution in [0.1, 0.15) is 47.5 Å². The van der Waals surface area contributed by atoms with E-state index in [0.29, 0.717) is 12.1 Å². The average molecular weight is 311 g/mol. The number of nitrogens with one attached hydrogen (secondary N) is 1. The molecular weight excluding hydrogens is 282 g/mol. The van der Waals surface area contributed by atoms with E-state index in [-0.39, 0.29) is 23.7 Å². The van der Waals surface area contributed by atoms with Crippen LogP contribution < -0.4 is 11.1 Å². The number of piperidine rings is 1. The molecular formula is C16H29N3O3. The highest BCUT2D eigenvalue weighted by atomic mass is 16.5. The first-order chi connectivity index (χ1) is 9.93. The second-order valence-corrected chi connectivity index (χ2v) is 7.40. The molecule has 0 unspecified atom stereocenters. The third-order valence-electron chi connectivity index (χ3n) is 3.81. The molecule has 3 N–H and O–H groups in total. The van der Waals surface area contributed by atoms with Gasteiger partial charge in [-0.1, -0.05) is 6.58 Å². The quantitative estimate of drug-likeness (QED) is 0.599. The molecule has 0 bridgehead atoms. The summed E-state index contributed by atoms with van der Waals surface area (Å²) in [6.07, 6.45) is 1.60. The predicted octanol–water partition coefficient (Wildman–Crippen LogP) is 1.80. The Morgan fingerprint density at radius 1 is 1.27 bits per heavy atom. The van der Waals surface area contributed by atoms with Gasteiger partial charge < -0.3 is 20.7 Å². The second-order valence-electron chi connectivity index (χ2n) is 7.40. The number of carbonyl (C=O) groups excluding carboxylic acids is 2. The first kappa shape index (κ1) is 18.5. The normalized spacial score (nSPS) is 20.2. The molecule has 2 amide bonds. The van der Waals surface area contributed by atoms with E-state index in [1.165, 1.54) is 0 Å². The zero-order chi connectivity index (χ0) is 17.1. The van der Waals surface area contributed by atoms with Crippen LogP contribution in [-0.2, 0) is 9.53 Å². The largest absolute Gasteiger partial charge is 0.460 e. The Balaban J connectivity index is 2.72. The summed E-state index contributed by atoms with van der Waals surface area (Å²) in [7, 11) is 0. The van der Waals surface area contributed by atoms with Gasteiger partial charge in [0.2, 0.25) is 0 Å². The van der Waals surface area contributed by atoms with Crippen molar-refractivity contribution in [1.82, 2.24) is 10.2 Å². The lowest BCUT2D eigenvalue weighted by Gasteiger charge is -2.49. The molecule has 0 aliphatic carbocycles. The molecule has 1 rings (SSSR count). The zero-order valence-electron chi connectivity index (χ0n) is 14.4. The molecule has 1 aliphatic rings. The van der Waals surface area contributed by atoms with E-state index in [2.05, 4.69) is 39.6 Å². The van der Waals surface area contributed by atoms with Gasteiger partial charge in [-0.2, -0.15) is 0 Å². The number of rotatable bonds is 5. The molecule has 0 aromatic heterocycles. The maximum atomic E-state index is 11.8. The molecule has 1 saturated heterocycles. The Bertz CT molecular complexity index is 442. The number of nitrogens with zero attached hydrogens (tertiary/aromatic N) is 1. The fourth-order valence-corrected chi connectivity index (χ4v) is 3.32. The Morgan fingerprint density at radius 2 is 1.77 bits per heavy atom. The lowest BCUT2D eigenvalue weighted by Crippen LogP contribution is -2.63.